The minimum absolute atomic E-state index is 0.0383. The van der Waals surface area contributed by atoms with Gasteiger partial charge in [-0.25, -0.2) is 9.89 Å². The number of fused-ring (bicyclic) bond motifs is 3. The first-order valence-electron chi connectivity index (χ1n) is 11.6. The van der Waals surface area contributed by atoms with Crippen LogP contribution in [-0.2, 0) is 16.0 Å². The molecule has 7 heteroatoms. The van der Waals surface area contributed by atoms with Gasteiger partial charge in [-0.3, -0.25) is 14.6 Å². The van der Waals surface area contributed by atoms with E-state index in [1.807, 2.05) is 49.4 Å². The van der Waals surface area contributed by atoms with Crippen molar-refractivity contribution in [1.29, 1.82) is 0 Å². The summed E-state index contributed by atoms with van der Waals surface area (Å²) in [6.45, 7) is 6.67. The second-order valence-corrected chi connectivity index (χ2v) is 9.58. The van der Waals surface area contributed by atoms with Crippen molar-refractivity contribution in [2.75, 3.05) is 6.54 Å². The van der Waals surface area contributed by atoms with E-state index in [-0.39, 0.29) is 23.0 Å². The van der Waals surface area contributed by atoms with E-state index in [4.69, 9.17) is 9.98 Å². The number of hydrogen-bond donors (Lipinski definition) is 1. The summed E-state index contributed by atoms with van der Waals surface area (Å²) in [5.41, 5.74) is 2.83. The Labute approximate surface area is 199 Å². The monoisotopic (exact) mass is 462 g/mol. The fraction of sp³-hybridized carbons (Fsp3) is 0.385. The molecule has 2 aliphatic heterocycles. The number of para-hydroxylation sites is 1. The van der Waals surface area contributed by atoms with Crippen molar-refractivity contribution >= 4 is 40.3 Å². The van der Waals surface area contributed by atoms with E-state index < -0.39 is 6.04 Å². The van der Waals surface area contributed by atoms with Gasteiger partial charge in [-0.2, -0.15) is 0 Å². The van der Waals surface area contributed by atoms with Crippen molar-refractivity contribution in [2.45, 2.75) is 51.3 Å². The number of amidine groups is 2. The van der Waals surface area contributed by atoms with Crippen LogP contribution in [0.2, 0.25) is 0 Å². The third-order valence-electron chi connectivity index (χ3n) is 6.15. The summed E-state index contributed by atoms with van der Waals surface area (Å²) in [5.74, 6) is 0.693. The molecule has 2 aliphatic rings. The predicted octanol–water partition coefficient (Wildman–Crippen LogP) is 4.56. The first-order valence-corrected chi connectivity index (χ1v) is 12.5. The minimum atomic E-state index is -0.415. The van der Waals surface area contributed by atoms with E-state index in [0.717, 1.165) is 24.1 Å². The van der Waals surface area contributed by atoms with Gasteiger partial charge in [0.2, 0.25) is 5.91 Å². The number of thioether (sulfide) groups is 1. The molecular formula is C26H30N4O2S. The van der Waals surface area contributed by atoms with Gasteiger partial charge in [-0.15, -0.1) is 0 Å². The number of nitrogens with zero attached hydrogens (tertiary/aromatic N) is 3. The van der Waals surface area contributed by atoms with Gasteiger partial charge in [0.05, 0.1) is 10.9 Å². The van der Waals surface area contributed by atoms with Gasteiger partial charge < -0.3 is 5.32 Å². The third-order valence-corrected chi connectivity index (χ3v) is 7.47. The van der Waals surface area contributed by atoms with Gasteiger partial charge in [-0.05, 0) is 36.5 Å². The normalized spacial score (nSPS) is 18.7. The van der Waals surface area contributed by atoms with Crippen LogP contribution in [0.25, 0.3) is 0 Å². The molecule has 4 rings (SSSR count). The number of nitrogens with one attached hydrogen (secondary N) is 1. The molecule has 6 nitrogen and oxygen atoms in total. The number of carbonyl (C=O) groups excluding carboxylic acids is 2. The number of benzene rings is 2. The molecule has 1 N–H and O–H groups in total. The Morgan fingerprint density at radius 3 is 2.55 bits per heavy atom. The van der Waals surface area contributed by atoms with Crippen LogP contribution in [-0.4, -0.2) is 45.6 Å². The van der Waals surface area contributed by atoms with E-state index in [2.05, 4.69) is 31.3 Å². The molecular weight excluding hydrogens is 432 g/mol. The van der Waals surface area contributed by atoms with Crippen molar-refractivity contribution in [3.63, 3.8) is 0 Å². The van der Waals surface area contributed by atoms with Crippen LogP contribution in [0, 0.1) is 5.92 Å². The smallest absolute Gasteiger partial charge is 0.259 e. The lowest BCUT2D eigenvalue weighted by molar-refractivity contribution is -0.125. The summed E-state index contributed by atoms with van der Waals surface area (Å²) >= 11 is 1.35. The fourth-order valence-electron chi connectivity index (χ4n) is 3.98. The number of aliphatic imine (C=N–C) groups is 2. The molecule has 2 amide bonds. The topological polar surface area (TPSA) is 74.1 Å². The number of carbonyl (C=O) groups is 2. The highest BCUT2D eigenvalue weighted by molar-refractivity contribution is 8.15. The molecule has 0 aliphatic carbocycles. The molecule has 0 radical (unpaired) electrons. The summed E-state index contributed by atoms with van der Waals surface area (Å²) in [6.07, 6.45) is 2.27. The van der Waals surface area contributed by atoms with E-state index in [1.54, 1.807) is 4.90 Å². The summed E-state index contributed by atoms with van der Waals surface area (Å²) in [5, 5.41) is 3.24. The van der Waals surface area contributed by atoms with Crippen LogP contribution in [0.5, 0.6) is 0 Å². The standard InChI is InChI=1S/C26H30N4O2S/c1-4-17(3)22-25(32)30-23(29-22)19-13-9-10-14-20(19)28-26(30)33-21(5-2)24(31)27-16-15-18-11-7-6-8-12-18/h6-14,17,21-22H,4-5,15-16H2,1-3H3,(H,27,31). The molecule has 3 atom stereocenters. The number of hydrogen-bond acceptors (Lipinski definition) is 5. The average Bonchev–Trinajstić information content (AvgIpc) is 3.20. The molecule has 2 aromatic rings. The highest BCUT2D eigenvalue weighted by Gasteiger charge is 2.43. The Bertz CT molecular complexity index is 1080. The highest BCUT2D eigenvalue weighted by Crippen LogP contribution is 2.36. The van der Waals surface area contributed by atoms with Crippen LogP contribution in [0.3, 0.4) is 0 Å². The lowest BCUT2D eigenvalue weighted by Gasteiger charge is -2.27. The summed E-state index contributed by atoms with van der Waals surface area (Å²) in [7, 11) is 0. The second-order valence-electron chi connectivity index (χ2n) is 8.41. The van der Waals surface area contributed by atoms with Crippen molar-refractivity contribution in [3.05, 3.63) is 65.7 Å². The lowest BCUT2D eigenvalue weighted by Crippen LogP contribution is -2.44. The van der Waals surface area contributed by atoms with Crippen LogP contribution >= 0.6 is 11.8 Å². The van der Waals surface area contributed by atoms with Crippen LogP contribution < -0.4 is 5.32 Å². The molecule has 2 aromatic carbocycles. The summed E-state index contributed by atoms with van der Waals surface area (Å²) in [6, 6.07) is 17.4. The second kappa shape index (κ2) is 10.3. The molecule has 2 heterocycles. The van der Waals surface area contributed by atoms with Crippen molar-refractivity contribution < 1.29 is 9.59 Å². The maximum Gasteiger partial charge on any atom is 0.259 e. The predicted molar refractivity (Wildman–Crippen MR) is 135 cm³/mol. The third kappa shape index (κ3) is 4.88. The van der Waals surface area contributed by atoms with Crippen molar-refractivity contribution in [3.8, 4) is 0 Å². The van der Waals surface area contributed by atoms with Crippen molar-refractivity contribution in [1.82, 2.24) is 10.2 Å². The zero-order chi connectivity index (χ0) is 23.4. The van der Waals surface area contributed by atoms with E-state index in [9.17, 15) is 9.59 Å². The molecule has 0 spiro atoms. The van der Waals surface area contributed by atoms with Gasteiger partial charge in [-0.1, -0.05) is 81.4 Å². The molecule has 0 saturated heterocycles. The Morgan fingerprint density at radius 2 is 1.82 bits per heavy atom. The van der Waals surface area contributed by atoms with Gasteiger partial charge in [0, 0.05) is 12.1 Å². The van der Waals surface area contributed by atoms with Gasteiger partial charge >= 0.3 is 0 Å². The molecule has 0 fully saturated rings. The molecule has 0 saturated carbocycles. The van der Waals surface area contributed by atoms with Crippen molar-refractivity contribution in [2.24, 2.45) is 15.9 Å². The zero-order valence-electron chi connectivity index (χ0n) is 19.3. The van der Waals surface area contributed by atoms with Crippen LogP contribution in [0.15, 0.2) is 64.6 Å². The molecule has 0 aromatic heterocycles. The quantitative estimate of drug-likeness (QED) is 0.625. The fourth-order valence-corrected chi connectivity index (χ4v) is 5.02. The Kier molecular flexibility index (Phi) is 7.28. The van der Waals surface area contributed by atoms with E-state index >= 15 is 0 Å². The zero-order valence-corrected chi connectivity index (χ0v) is 20.1. The lowest BCUT2D eigenvalue weighted by atomic mass is 10.00. The molecule has 33 heavy (non-hydrogen) atoms. The summed E-state index contributed by atoms with van der Waals surface area (Å²) in [4.78, 5) is 37.5. The van der Waals surface area contributed by atoms with Gasteiger partial charge in [0.25, 0.3) is 5.91 Å². The minimum Gasteiger partial charge on any atom is -0.355 e. The SMILES string of the molecule is CCC(SC1=Nc2ccccc2C2=NC(C(C)CC)C(=O)N12)C(=O)NCCc1ccccc1. The van der Waals surface area contributed by atoms with E-state index in [1.165, 1.54) is 17.3 Å². The maximum atomic E-state index is 13.3. The maximum absolute atomic E-state index is 13.3. The van der Waals surface area contributed by atoms with Crippen LogP contribution in [0.1, 0.15) is 44.7 Å². The molecule has 172 valence electrons. The number of amides is 2. The Morgan fingerprint density at radius 1 is 1.09 bits per heavy atom. The van der Waals surface area contributed by atoms with Gasteiger partial charge in [0.15, 0.2) is 5.17 Å². The average molecular weight is 463 g/mol. The Hall–Kier alpha value is -2.93. The summed E-state index contributed by atoms with van der Waals surface area (Å²) < 4.78 is 0. The first-order chi connectivity index (χ1) is 16.0. The van der Waals surface area contributed by atoms with Crippen LogP contribution in [0.4, 0.5) is 5.69 Å². The largest absolute Gasteiger partial charge is 0.355 e. The van der Waals surface area contributed by atoms with Gasteiger partial charge in [0.1, 0.15) is 11.9 Å². The van der Waals surface area contributed by atoms with E-state index in [0.29, 0.717) is 24.0 Å². The first kappa shape index (κ1) is 23.2. The Balaban J connectivity index is 1.52. The molecule has 3 unspecified atom stereocenters. The molecule has 0 bridgehead atoms. The number of rotatable bonds is 8. The highest BCUT2D eigenvalue weighted by atomic mass is 32.2.